The highest BCUT2D eigenvalue weighted by Gasteiger charge is 2.24. The van der Waals surface area contributed by atoms with Crippen LogP contribution in [0, 0.1) is 4.77 Å². The summed E-state index contributed by atoms with van der Waals surface area (Å²) in [7, 11) is 1.93. The third-order valence-corrected chi connectivity index (χ3v) is 4.01. The SMILES string of the molecule is CCc1nn(C)c2c1[nH]c(=S)n2C1CCC(=O)NC1. The topological polar surface area (TPSA) is 67.6 Å². The van der Waals surface area contributed by atoms with Crippen molar-refractivity contribution < 1.29 is 4.79 Å². The maximum atomic E-state index is 11.3. The van der Waals surface area contributed by atoms with Crippen LogP contribution in [0.2, 0.25) is 0 Å². The number of hydrogen-bond donors (Lipinski definition) is 2. The number of imidazole rings is 1. The van der Waals surface area contributed by atoms with Crippen LogP contribution in [0.3, 0.4) is 0 Å². The highest BCUT2D eigenvalue weighted by molar-refractivity contribution is 7.71. The molecule has 3 heterocycles. The smallest absolute Gasteiger partial charge is 0.220 e. The van der Waals surface area contributed by atoms with Gasteiger partial charge in [-0.25, -0.2) is 0 Å². The molecule has 0 saturated carbocycles. The van der Waals surface area contributed by atoms with Gasteiger partial charge in [0.1, 0.15) is 5.52 Å². The van der Waals surface area contributed by atoms with E-state index in [1.807, 2.05) is 11.7 Å². The van der Waals surface area contributed by atoms with E-state index < -0.39 is 0 Å². The number of aromatic nitrogens is 4. The van der Waals surface area contributed by atoms with E-state index in [0.29, 0.717) is 17.7 Å². The van der Waals surface area contributed by atoms with Crippen molar-refractivity contribution in [2.24, 2.45) is 7.05 Å². The molecule has 1 amide bonds. The number of aryl methyl sites for hydroxylation is 2. The summed E-state index contributed by atoms with van der Waals surface area (Å²) in [5.74, 6) is 0.119. The predicted molar refractivity (Wildman–Crippen MR) is 74.5 cm³/mol. The first-order valence-corrected chi connectivity index (χ1v) is 6.95. The molecule has 1 fully saturated rings. The van der Waals surface area contributed by atoms with Crippen molar-refractivity contribution in [1.29, 1.82) is 0 Å². The minimum atomic E-state index is 0.119. The van der Waals surface area contributed by atoms with Gasteiger partial charge in [-0.05, 0) is 25.1 Å². The number of hydrogen-bond acceptors (Lipinski definition) is 3. The second-order valence-corrected chi connectivity index (χ2v) is 5.31. The van der Waals surface area contributed by atoms with Gasteiger partial charge >= 0.3 is 0 Å². The average Bonchev–Trinajstić information content (AvgIpc) is 2.88. The number of nitrogens with zero attached hydrogens (tertiary/aromatic N) is 3. The summed E-state index contributed by atoms with van der Waals surface area (Å²) >= 11 is 5.44. The molecular weight excluding hydrogens is 262 g/mol. The first-order chi connectivity index (χ1) is 9.11. The van der Waals surface area contributed by atoms with Crippen LogP contribution < -0.4 is 5.32 Å². The monoisotopic (exact) mass is 279 g/mol. The zero-order valence-electron chi connectivity index (χ0n) is 11.1. The highest BCUT2D eigenvalue weighted by atomic mass is 32.1. The maximum absolute atomic E-state index is 11.3. The lowest BCUT2D eigenvalue weighted by Gasteiger charge is -2.24. The summed E-state index contributed by atoms with van der Waals surface area (Å²) < 4.78 is 4.67. The zero-order valence-corrected chi connectivity index (χ0v) is 11.9. The van der Waals surface area contributed by atoms with E-state index in [2.05, 4.69) is 26.9 Å². The fourth-order valence-electron chi connectivity index (χ4n) is 2.76. The van der Waals surface area contributed by atoms with E-state index in [-0.39, 0.29) is 11.9 Å². The molecule has 1 aliphatic rings. The van der Waals surface area contributed by atoms with Gasteiger partial charge in [-0.15, -0.1) is 0 Å². The summed E-state index contributed by atoms with van der Waals surface area (Å²) in [4.78, 5) is 14.5. The van der Waals surface area contributed by atoms with Crippen LogP contribution in [-0.2, 0) is 18.3 Å². The molecule has 1 unspecified atom stereocenters. The lowest BCUT2D eigenvalue weighted by Crippen LogP contribution is -2.36. The van der Waals surface area contributed by atoms with Gasteiger partial charge in [0, 0.05) is 20.0 Å². The number of H-pyrrole nitrogens is 1. The molecule has 0 aromatic carbocycles. The first-order valence-electron chi connectivity index (χ1n) is 6.54. The largest absolute Gasteiger partial charge is 0.354 e. The number of aromatic amines is 1. The molecule has 0 aliphatic carbocycles. The average molecular weight is 279 g/mol. The predicted octanol–water partition coefficient (Wildman–Crippen LogP) is 1.45. The van der Waals surface area contributed by atoms with E-state index in [4.69, 9.17) is 12.2 Å². The molecule has 0 radical (unpaired) electrons. The van der Waals surface area contributed by atoms with Gasteiger partial charge in [0.2, 0.25) is 5.91 Å². The molecule has 2 aromatic heterocycles. The number of fused-ring (bicyclic) bond motifs is 1. The standard InChI is InChI=1S/C12H17N5OS/c1-3-8-10-11(16(2)15-8)17(12(19)14-10)7-4-5-9(18)13-6-7/h7H,3-6H2,1-2H3,(H,13,18)(H,14,19). The molecule has 1 aliphatic heterocycles. The molecule has 0 spiro atoms. The van der Waals surface area contributed by atoms with Crippen LogP contribution in [0.15, 0.2) is 0 Å². The van der Waals surface area contributed by atoms with Gasteiger partial charge in [0.05, 0.1) is 11.7 Å². The molecule has 1 atom stereocenters. The third kappa shape index (κ3) is 1.88. The Bertz CT molecular complexity index is 685. The van der Waals surface area contributed by atoms with Gasteiger partial charge in [0.15, 0.2) is 10.4 Å². The normalized spacial score (nSPS) is 19.9. The van der Waals surface area contributed by atoms with Gasteiger partial charge < -0.3 is 10.3 Å². The zero-order chi connectivity index (χ0) is 13.6. The summed E-state index contributed by atoms with van der Waals surface area (Å²) in [6.07, 6.45) is 2.24. The van der Waals surface area contributed by atoms with Crippen LogP contribution in [0.5, 0.6) is 0 Å². The van der Waals surface area contributed by atoms with Crippen molar-refractivity contribution in [1.82, 2.24) is 24.6 Å². The summed E-state index contributed by atoms with van der Waals surface area (Å²) in [6.45, 7) is 2.71. The lowest BCUT2D eigenvalue weighted by atomic mass is 10.1. The van der Waals surface area contributed by atoms with E-state index in [0.717, 1.165) is 29.7 Å². The van der Waals surface area contributed by atoms with E-state index in [1.165, 1.54) is 0 Å². The lowest BCUT2D eigenvalue weighted by molar-refractivity contribution is -0.122. The molecule has 2 N–H and O–H groups in total. The Kier molecular flexibility index (Phi) is 2.93. The molecule has 7 heteroatoms. The highest BCUT2D eigenvalue weighted by Crippen LogP contribution is 2.25. The van der Waals surface area contributed by atoms with Crippen LogP contribution in [-0.4, -0.2) is 31.8 Å². The van der Waals surface area contributed by atoms with Crippen molar-refractivity contribution in [3.63, 3.8) is 0 Å². The second-order valence-electron chi connectivity index (χ2n) is 4.92. The van der Waals surface area contributed by atoms with Gasteiger partial charge in [-0.3, -0.25) is 14.0 Å². The Morgan fingerprint density at radius 3 is 2.95 bits per heavy atom. The third-order valence-electron chi connectivity index (χ3n) is 3.71. The van der Waals surface area contributed by atoms with Crippen molar-refractivity contribution in [3.8, 4) is 0 Å². The molecule has 102 valence electrons. The molecule has 6 nitrogen and oxygen atoms in total. The summed E-state index contributed by atoms with van der Waals surface area (Å²) in [5.41, 5.74) is 3.07. The molecule has 1 saturated heterocycles. The fraction of sp³-hybridized carbons (Fsp3) is 0.583. The van der Waals surface area contributed by atoms with Crippen LogP contribution >= 0.6 is 12.2 Å². The van der Waals surface area contributed by atoms with Crippen molar-refractivity contribution in [3.05, 3.63) is 10.5 Å². The summed E-state index contributed by atoms with van der Waals surface area (Å²) in [5, 5.41) is 7.41. The van der Waals surface area contributed by atoms with E-state index in [9.17, 15) is 4.79 Å². The van der Waals surface area contributed by atoms with Gasteiger partial charge in [-0.1, -0.05) is 6.92 Å². The van der Waals surface area contributed by atoms with Crippen molar-refractivity contribution in [2.45, 2.75) is 32.2 Å². The minimum Gasteiger partial charge on any atom is -0.354 e. The number of rotatable bonds is 2. The van der Waals surface area contributed by atoms with Crippen molar-refractivity contribution >= 4 is 29.3 Å². The number of amides is 1. The molecule has 3 rings (SSSR count). The number of piperidine rings is 1. The first kappa shape index (κ1) is 12.4. The fourth-order valence-corrected chi connectivity index (χ4v) is 3.10. The van der Waals surface area contributed by atoms with Crippen molar-refractivity contribution in [2.75, 3.05) is 6.54 Å². The Balaban J connectivity index is 2.13. The molecule has 2 aromatic rings. The van der Waals surface area contributed by atoms with Gasteiger partial charge in [0.25, 0.3) is 0 Å². The Hall–Kier alpha value is -1.63. The van der Waals surface area contributed by atoms with Gasteiger partial charge in [-0.2, -0.15) is 5.10 Å². The second kappa shape index (κ2) is 4.48. The van der Waals surface area contributed by atoms with Crippen LogP contribution in [0.25, 0.3) is 11.2 Å². The Morgan fingerprint density at radius 1 is 1.53 bits per heavy atom. The van der Waals surface area contributed by atoms with E-state index >= 15 is 0 Å². The van der Waals surface area contributed by atoms with Crippen LogP contribution in [0.4, 0.5) is 0 Å². The molecule has 0 bridgehead atoms. The molecule has 19 heavy (non-hydrogen) atoms. The maximum Gasteiger partial charge on any atom is 0.220 e. The van der Waals surface area contributed by atoms with E-state index in [1.54, 1.807) is 0 Å². The number of carbonyl (C=O) groups excluding carboxylic acids is 1. The Labute approximate surface area is 115 Å². The Morgan fingerprint density at radius 2 is 2.32 bits per heavy atom. The number of carbonyl (C=O) groups is 1. The molecular formula is C12H17N5OS. The quantitative estimate of drug-likeness (QED) is 0.818. The minimum absolute atomic E-state index is 0.119. The number of nitrogens with one attached hydrogen (secondary N) is 2. The van der Waals surface area contributed by atoms with Crippen LogP contribution in [0.1, 0.15) is 31.5 Å². The summed E-state index contributed by atoms with van der Waals surface area (Å²) in [6, 6.07) is 0.207.